The predicted molar refractivity (Wildman–Crippen MR) is 84.9 cm³/mol. The van der Waals surface area contributed by atoms with Gasteiger partial charge in [0.05, 0.1) is 0 Å². The summed E-state index contributed by atoms with van der Waals surface area (Å²) in [5.74, 6) is 2.09. The molecule has 1 saturated carbocycles. The standard InChI is InChI=1S/C15H15ClN4S/c16-9-10-5-7-12(8-6-10)14-19-20-13(11-3-1-2-4-11)17-18-15(20)21-14/h5-8,11H,1-4,9H2. The molecule has 1 aromatic carbocycles. The molecular weight excluding hydrogens is 304 g/mol. The molecule has 1 aliphatic rings. The van der Waals surface area contributed by atoms with Crippen LogP contribution in [0.1, 0.15) is 43.0 Å². The van der Waals surface area contributed by atoms with Gasteiger partial charge in [-0.2, -0.15) is 9.61 Å². The second-order valence-corrected chi connectivity index (χ2v) is 6.69. The van der Waals surface area contributed by atoms with E-state index in [1.807, 2.05) is 16.6 Å². The molecule has 0 spiro atoms. The second-order valence-electron chi connectivity index (χ2n) is 5.47. The highest BCUT2D eigenvalue weighted by Crippen LogP contribution is 2.34. The lowest BCUT2D eigenvalue weighted by molar-refractivity contribution is 0.641. The largest absolute Gasteiger partial charge is 0.234 e. The Morgan fingerprint density at radius 2 is 1.90 bits per heavy atom. The quantitative estimate of drug-likeness (QED) is 0.678. The van der Waals surface area contributed by atoms with Crippen molar-refractivity contribution in [2.24, 2.45) is 0 Å². The summed E-state index contributed by atoms with van der Waals surface area (Å²) in [6.07, 6.45) is 4.99. The second kappa shape index (κ2) is 5.39. The average molecular weight is 319 g/mol. The van der Waals surface area contributed by atoms with Crippen LogP contribution in [0.2, 0.25) is 0 Å². The maximum Gasteiger partial charge on any atom is 0.234 e. The number of alkyl halides is 1. The third-order valence-electron chi connectivity index (χ3n) is 4.09. The highest BCUT2D eigenvalue weighted by Gasteiger charge is 2.24. The van der Waals surface area contributed by atoms with E-state index in [0.29, 0.717) is 11.8 Å². The molecule has 1 aliphatic carbocycles. The number of halogens is 1. The fraction of sp³-hybridized carbons (Fsp3) is 0.400. The number of hydrogen-bond donors (Lipinski definition) is 0. The number of nitrogens with zero attached hydrogens (tertiary/aromatic N) is 4. The van der Waals surface area contributed by atoms with Gasteiger partial charge in [-0.05, 0) is 18.4 Å². The third-order valence-corrected chi connectivity index (χ3v) is 5.35. The molecule has 0 aliphatic heterocycles. The Morgan fingerprint density at radius 3 is 2.62 bits per heavy atom. The Kier molecular flexibility index (Phi) is 3.39. The molecule has 21 heavy (non-hydrogen) atoms. The van der Waals surface area contributed by atoms with Gasteiger partial charge in [-0.25, -0.2) is 0 Å². The lowest BCUT2D eigenvalue weighted by Crippen LogP contribution is -2.01. The van der Waals surface area contributed by atoms with Crippen LogP contribution in [0.15, 0.2) is 24.3 Å². The molecule has 0 radical (unpaired) electrons. The Balaban J connectivity index is 1.72. The van der Waals surface area contributed by atoms with Crippen molar-refractivity contribution in [2.45, 2.75) is 37.5 Å². The van der Waals surface area contributed by atoms with Crippen LogP contribution in [0.5, 0.6) is 0 Å². The van der Waals surface area contributed by atoms with Gasteiger partial charge in [-0.1, -0.05) is 48.4 Å². The zero-order valence-corrected chi connectivity index (χ0v) is 13.1. The number of rotatable bonds is 3. The normalized spacial score (nSPS) is 16.0. The first-order chi connectivity index (χ1) is 10.3. The Bertz CT molecular complexity index is 756. The fourth-order valence-electron chi connectivity index (χ4n) is 2.92. The van der Waals surface area contributed by atoms with E-state index in [-0.39, 0.29) is 0 Å². The van der Waals surface area contributed by atoms with Gasteiger partial charge in [0.15, 0.2) is 5.82 Å². The van der Waals surface area contributed by atoms with Crippen LogP contribution in [0.25, 0.3) is 15.5 Å². The van der Waals surface area contributed by atoms with Crippen LogP contribution in [-0.2, 0) is 5.88 Å². The van der Waals surface area contributed by atoms with Crippen molar-refractivity contribution in [1.29, 1.82) is 0 Å². The molecule has 4 rings (SSSR count). The van der Waals surface area contributed by atoms with Gasteiger partial charge in [0.2, 0.25) is 4.96 Å². The summed E-state index contributed by atoms with van der Waals surface area (Å²) in [6, 6.07) is 8.22. The molecule has 3 aromatic rings. The zero-order chi connectivity index (χ0) is 14.2. The van der Waals surface area contributed by atoms with Crippen molar-refractivity contribution in [3.8, 4) is 10.6 Å². The summed E-state index contributed by atoms with van der Waals surface area (Å²) in [5.41, 5.74) is 2.23. The van der Waals surface area contributed by atoms with Crippen molar-refractivity contribution >= 4 is 27.9 Å². The van der Waals surface area contributed by atoms with Gasteiger partial charge >= 0.3 is 0 Å². The van der Waals surface area contributed by atoms with Gasteiger partial charge in [-0.3, -0.25) is 0 Å². The van der Waals surface area contributed by atoms with Crippen molar-refractivity contribution in [3.63, 3.8) is 0 Å². The smallest absolute Gasteiger partial charge is 0.187 e. The summed E-state index contributed by atoms with van der Waals surface area (Å²) < 4.78 is 1.94. The van der Waals surface area contributed by atoms with Gasteiger partial charge in [0.25, 0.3) is 0 Å². The molecule has 108 valence electrons. The molecule has 0 atom stereocenters. The Hall–Kier alpha value is -1.46. The number of fused-ring (bicyclic) bond motifs is 1. The van der Waals surface area contributed by atoms with Crippen molar-refractivity contribution < 1.29 is 0 Å². The topological polar surface area (TPSA) is 43.1 Å². The van der Waals surface area contributed by atoms with Crippen LogP contribution in [-0.4, -0.2) is 19.8 Å². The van der Waals surface area contributed by atoms with Gasteiger partial charge in [0.1, 0.15) is 5.01 Å². The van der Waals surface area contributed by atoms with E-state index in [4.69, 9.17) is 16.7 Å². The average Bonchev–Trinajstić information content (AvgIpc) is 3.23. The number of benzene rings is 1. The molecule has 0 bridgehead atoms. The molecule has 6 heteroatoms. The minimum Gasteiger partial charge on any atom is -0.187 e. The molecule has 0 saturated heterocycles. The van der Waals surface area contributed by atoms with Crippen LogP contribution in [0, 0.1) is 0 Å². The number of aromatic nitrogens is 4. The molecule has 2 heterocycles. The summed E-state index contributed by atoms with van der Waals surface area (Å²) in [4.78, 5) is 0.883. The summed E-state index contributed by atoms with van der Waals surface area (Å²) >= 11 is 7.42. The van der Waals surface area contributed by atoms with Gasteiger partial charge < -0.3 is 0 Å². The monoisotopic (exact) mass is 318 g/mol. The van der Waals surface area contributed by atoms with E-state index in [0.717, 1.165) is 26.9 Å². The van der Waals surface area contributed by atoms with E-state index in [9.17, 15) is 0 Å². The van der Waals surface area contributed by atoms with E-state index >= 15 is 0 Å². The van der Waals surface area contributed by atoms with E-state index in [1.165, 1.54) is 25.7 Å². The number of hydrogen-bond acceptors (Lipinski definition) is 4. The maximum absolute atomic E-state index is 5.83. The maximum atomic E-state index is 5.83. The Labute approximate surface area is 131 Å². The van der Waals surface area contributed by atoms with Crippen LogP contribution in [0.4, 0.5) is 0 Å². The predicted octanol–water partition coefficient (Wildman–Crippen LogP) is 4.25. The van der Waals surface area contributed by atoms with E-state index < -0.39 is 0 Å². The minimum atomic E-state index is 0.522. The van der Waals surface area contributed by atoms with Crippen molar-refractivity contribution in [2.75, 3.05) is 0 Å². The van der Waals surface area contributed by atoms with E-state index in [2.05, 4.69) is 22.3 Å². The van der Waals surface area contributed by atoms with Crippen LogP contribution in [0.3, 0.4) is 0 Å². The molecular formula is C15H15ClN4S. The first-order valence-electron chi connectivity index (χ1n) is 7.22. The lowest BCUT2D eigenvalue weighted by atomic mass is 10.1. The molecule has 0 N–H and O–H groups in total. The van der Waals surface area contributed by atoms with Gasteiger partial charge in [-0.15, -0.1) is 21.8 Å². The highest BCUT2D eigenvalue weighted by molar-refractivity contribution is 7.19. The van der Waals surface area contributed by atoms with Gasteiger partial charge in [0, 0.05) is 17.4 Å². The Morgan fingerprint density at radius 1 is 1.14 bits per heavy atom. The summed E-state index contributed by atoms with van der Waals surface area (Å²) in [6.45, 7) is 0. The first-order valence-corrected chi connectivity index (χ1v) is 8.57. The molecule has 0 amide bonds. The molecule has 4 nitrogen and oxygen atoms in total. The third kappa shape index (κ3) is 2.34. The fourth-order valence-corrected chi connectivity index (χ4v) is 3.95. The minimum absolute atomic E-state index is 0.522. The SMILES string of the molecule is ClCc1ccc(-c2nn3c(C4CCCC4)nnc3s2)cc1. The van der Waals surface area contributed by atoms with Crippen LogP contribution >= 0.6 is 22.9 Å². The highest BCUT2D eigenvalue weighted by atomic mass is 35.5. The van der Waals surface area contributed by atoms with Crippen LogP contribution < -0.4 is 0 Å². The molecule has 2 aromatic heterocycles. The lowest BCUT2D eigenvalue weighted by Gasteiger charge is -2.03. The summed E-state index contributed by atoms with van der Waals surface area (Å²) in [7, 11) is 0. The zero-order valence-electron chi connectivity index (χ0n) is 11.5. The van der Waals surface area contributed by atoms with Crippen molar-refractivity contribution in [1.82, 2.24) is 19.8 Å². The molecule has 0 unspecified atom stereocenters. The van der Waals surface area contributed by atoms with Crippen molar-refractivity contribution in [3.05, 3.63) is 35.7 Å². The summed E-state index contributed by atoms with van der Waals surface area (Å²) in [5, 5.41) is 14.3. The van der Waals surface area contributed by atoms with E-state index in [1.54, 1.807) is 11.3 Å². The molecule has 1 fully saturated rings. The first kappa shape index (κ1) is 13.2.